The molecule has 0 radical (unpaired) electrons. The first-order chi connectivity index (χ1) is 9.56. The van der Waals surface area contributed by atoms with Gasteiger partial charge >= 0.3 is 5.97 Å². The molecule has 0 unspecified atom stereocenters. The van der Waals surface area contributed by atoms with Crippen molar-refractivity contribution >= 4 is 17.0 Å². The number of halogens is 2. The number of nitrogens with one attached hydrogen (secondary N) is 1. The molecule has 4 nitrogen and oxygen atoms in total. The van der Waals surface area contributed by atoms with E-state index in [0.29, 0.717) is 11.0 Å². The van der Waals surface area contributed by atoms with Crippen LogP contribution in [0.5, 0.6) is 0 Å². The smallest absolute Gasteiger partial charge is 0.335 e. The standard InChI is InChI=1S/C14H8F2N2O2/c15-9-3-1-2-8(12(9)16)13-17-10-5-4-7(14(19)20)6-11(10)18-13/h1-6H,(H,17,18)(H,19,20). The van der Waals surface area contributed by atoms with Crippen LogP contribution < -0.4 is 0 Å². The van der Waals surface area contributed by atoms with E-state index < -0.39 is 17.6 Å². The van der Waals surface area contributed by atoms with Crippen LogP contribution in [0.2, 0.25) is 0 Å². The lowest BCUT2D eigenvalue weighted by Crippen LogP contribution is -1.94. The average molecular weight is 274 g/mol. The van der Waals surface area contributed by atoms with E-state index in [1.165, 1.54) is 30.3 Å². The summed E-state index contributed by atoms with van der Waals surface area (Å²) in [5, 5.41) is 8.90. The van der Waals surface area contributed by atoms with E-state index in [0.717, 1.165) is 6.07 Å². The van der Waals surface area contributed by atoms with Gasteiger partial charge in [-0.25, -0.2) is 18.6 Å². The molecule has 0 aliphatic carbocycles. The highest BCUT2D eigenvalue weighted by Crippen LogP contribution is 2.24. The molecule has 0 atom stereocenters. The van der Waals surface area contributed by atoms with Crippen LogP contribution in [-0.2, 0) is 0 Å². The Morgan fingerprint density at radius 3 is 2.75 bits per heavy atom. The van der Waals surface area contributed by atoms with Crippen LogP contribution in [-0.4, -0.2) is 21.0 Å². The number of imidazole rings is 1. The molecule has 0 bridgehead atoms. The molecule has 0 saturated heterocycles. The minimum atomic E-state index is -1.07. The highest BCUT2D eigenvalue weighted by atomic mass is 19.2. The molecular weight excluding hydrogens is 266 g/mol. The molecule has 3 aromatic rings. The number of aromatic amines is 1. The van der Waals surface area contributed by atoms with Crippen molar-refractivity contribution in [3.8, 4) is 11.4 Å². The number of nitrogens with zero attached hydrogens (tertiary/aromatic N) is 1. The largest absolute Gasteiger partial charge is 0.478 e. The number of aromatic nitrogens is 2. The van der Waals surface area contributed by atoms with Gasteiger partial charge in [0.1, 0.15) is 5.82 Å². The first-order valence-corrected chi connectivity index (χ1v) is 5.73. The summed E-state index contributed by atoms with van der Waals surface area (Å²) in [6.07, 6.45) is 0. The van der Waals surface area contributed by atoms with Crippen LogP contribution in [0.25, 0.3) is 22.4 Å². The molecule has 100 valence electrons. The highest BCUT2D eigenvalue weighted by molar-refractivity contribution is 5.93. The SMILES string of the molecule is O=C(O)c1ccc2nc(-c3cccc(F)c3F)[nH]c2c1. The van der Waals surface area contributed by atoms with Gasteiger partial charge in [-0.15, -0.1) is 0 Å². The van der Waals surface area contributed by atoms with Gasteiger partial charge in [0.05, 0.1) is 22.2 Å². The van der Waals surface area contributed by atoms with Crippen molar-refractivity contribution in [3.63, 3.8) is 0 Å². The van der Waals surface area contributed by atoms with E-state index in [-0.39, 0.29) is 17.0 Å². The predicted molar refractivity (Wildman–Crippen MR) is 68.4 cm³/mol. The molecule has 6 heteroatoms. The zero-order chi connectivity index (χ0) is 14.3. The van der Waals surface area contributed by atoms with Crippen molar-refractivity contribution in [2.24, 2.45) is 0 Å². The number of hydrogen-bond acceptors (Lipinski definition) is 2. The molecule has 0 amide bonds. The summed E-state index contributed by atoms with van der Waals surface area (Å²) in [4.78, 5) is 17.8. The van der Waals surface area contributed by atoms with Crippen molar-refractivity contribution < 1.29 is 18.7 Å². The van der Waals surface area contributed by atoms with Crippen molar-refractivity contribution in [2.45, 2.75) is 0 Å². The number of benzene rings is 2. The zero-order valence-corrected chi connectivity index (χ0v) is 10.0. The van der Waals surface area contributed by atoms with Crippen LogP contribution in [0.1, 0.15) is 10.4 Å². The number of carboxylic acids is 1. The molecule has 1 aromatic heterocycles. The molecule has 0 aliphatic heterocycles. The lowest BCUT2D eigenvalue weighted by Gasteiger charge is -1.99. The van der Waals surface area contributed by atoms with Gasteiger partial charge in [0, 0.05) is 0 Å². The van der Waals surface area contributed by atoms with Gasteiger partial charge in [0.25, 0.3) is 0 Å². The Balaban J connectivity index is 2.18. The third kappa shape index (κ3) is 1.91. The normalized spacial score (nSPS) is 10.9. The number of aromatic carboxylic acids is 1. The number of fused-ring (bicyclic) bond motifs is 1. The monoisotopic (exact) mass is 274 g/mol. The van der Waals surface area contributed by atoms with Crippen molar-refractivity contribution in [1.29, 1.82) is 0 Å². The summed E-state index contributed by atoms with van der Waals surface area (Å²) in [7, 11) is 0. The summed E-state index contributed by atoms with van der Waals surface area (Å²) < 4.78 is 26.9. The zero-order valence-electron chi connectivity index (χ0n) is 10.0. The molecule has 2 N–H and O–H groups in total. The van der Waals surface area contributed by atoms with E-state index in [9.17, 15) is 13.6 Å². The maximum absolute atomic E-state index is 13.7. The van der Waals surface area contributed by atoms with Crippen molar-refractivity contribution in [3.05, 3.63) is 53.6 Å². The molecule has 3 rings (SSSR count). The third-order valence-electron chi connectivity index (χ3n) is 2.94. The Bertz CT molecular complexity index is 827. The second-order valence-corrected chi connectivity index (χ2v) is 4.22. The Kier molecular flexibility index (Phi) is 2.71. The predicted octanol–water partition coefficient (Wildman–Crippen LogP) is 3.21. The van der Waals surface area contributed by atoms with Crippen molar-refractivity contribution in [1.82, 2.24) is 9.97 Å². The Hall–Kier alpha value is -2.76. The number of rotatable bonds is 2. The highest BCUT2D eigenvalue weighted by Gasteiger charge is 2.14. The average Bonchev–Trinajstić information content (AvgIpc) is 2.84. The van der Waals surface area contributed by atoms with Gasteiger partial charge in [0.2, 0.25) is 0 Å². The van der Waals surface area contributed by atoms with Crippen LogP contribution in [0.4, 0.5) is 8.78 Å². The lowest BCUT2D eigenvalue weighted by molar-refractivity contribution is 0.0697. The third-order valence-corrected chi connectivity index (χ3v) is 2.94. The van der Waals surface area contributed by atoms with Crippen molar-refractivity contribution in [2.75, 3.05) is 0 Å². The number of H-pyrrole nitrogens is 1. The van der Waals surface area contributed by atoms with Gasteiger partial charge in [-0.3, -0.25) is 0 Å². The van der Waals surface area contributed by atoms with E-state index in [1.807, 2.05) is 0 Å². The molecule has 0 spiro atoms. The number of carbonyl (C=O) groups is 1. The Labute approximate surface area is 111 Å². The van der Waals surface area contributed by atoms with E-state index in [2.05, 4.69) is 9.97 Å². The number of hydrogen-bond donors (Lipinski definition) is 2. The fraction of sp³-hybridized carbons (Fsp3) is 0. The van der Waals surface area contributed by atoms with Crippen LogP contribution in [0.3, 0.4) is 0 Å². The Morgan fingerprint density at radius 1 is 1.20 bits per heavy atom. The maximum Gasteiger partial charge on any atom is 0.335 e. The minimum absolute atomic E-state index is 0.00178. The van der Waals surface area contributed by atoms with Gasteiger partial charge < -0.3 is 10.1 Å². The maximum atomic E-state index is 13.7. The summed E-state index contributed by atoms with van der Waals surface area (Å²) in [5.41, 5.74) is 1.02. The fourth-order valence-corrected chi connectivity index (χ4v) is 1.96. The van der Waals surface area contributed by atoms with E-state index in [1.54, 1.807) is 0 Å². The molecule has 2 aromatic carbocycles. The quantitative estimate of drug-likeness (QED) is 0.754. The van der Waals surface area contributed by atoms with Crippen LogP contribution >= 0.6 is 0 Å². The van der Waals surface area contributed by atoms with E-state index >= 15 is 0 Å². The molecular formula is C14H8F2N2O2. The van der Waals surface area contributed by atoms with Gasteiger partial charge in [-0.05, 0) is 30.3 Å². The second-order valence-electron chi connectivity index (χ2n) is 4.22. The summed E-state index contributed by atoms with van der Waals surface area (Å²) in [6.45, 7) is 0. The van der Waals surface area contributed by atoms with E-state index in [4.69, 9.17) is 5.11 Å². The summed E-state index contributed by atoms with van der Waals surface area (Å²) >= 11 is 0. The molecule has 1 heterocycles. The molecule has 0 fully saturated rings. The van der Waals surface area contributed by atoms with Gasteiger partial charge in [-0.1, -0.05) is 6.07 Å². The number of carboxylic acid groups (broad SMARTS) is 1. The Morgan fingerprint density at radius 2 is 2.00 bits per heavy atom. The minimum Gasteiger partial charge on any atom is -0.478 e. The fourth-order valence-electron chi connectivity index (χ4n) is 1.96. The van der Waals surface area contributed by atoms with Gasteiger partial charge in [-0.2, -0.15) is 0 Å². The first-order valence-electron chi connectivity index (χ1n) is 5.73. The van der Waals surface area contributed by atoms with Crippen LogP contribution in [0.15, 0.2) is 36.4 Å². The molecule has 20 heavy (non-hydrogen) atoms. The first kappa shape index (κ1) is 12.3. The summed E-state index contributed by atoms with van der Waals surface area (Å²) in [6, 6.07) is 8.10. The summed E-state index contributed by atoms with van der Waals surface area (Å²) in [5.74, 6) is -2.88. The topological polar surface area (TPSA) is 66.0 Å². The van der Waals surface area contributed by atoms with Gasteiger partial charge in [0.15, 0.2) is 11.6 Å². The van der Waals surface area contributed by atoms with Crippen LogP contribution in [0, 0.1) is 11.6 Å². The molecule has 0 saturated carbocycles. The second kappa shape index (κ2) is 4.41. The molecule has 0 aliphatic rings. The lowest BCUT2D eigenvalue weighted by atomic mass is 10.2.